The predicted molar refractivity (Wildman–Crippen MR) is 80.3 cm³/mol. The molecule has 0 unspecified atom stereocenters. The molecule has 1 aromatic heterocycles. The first kappa shape index (κ1) is 13.8. The lowest BCUT2D eigenvalue weighted by atomic mass is 10.1. The summed E-state index contributed by atoms with van der Waals surface area (Å²) in [5, 5.41) is 8.41. The van der Waals surface area contributed by atoms with Gasteiger partial charge in [0, 0.05) is 30.1 Å². The summed E-state index contributed by atoms with van der Waals surface area (Å²) >= 11 is 1.75. The summed E-state index contributed by atoms with van der Waals surface area (Å²) in [7, 11) is 0. The number of hydrogen-bond donors (Lipinski definition) is 2. The molecule has 1 heterocycles. The van der Waals surface area contributed by atoms with Crippen molar-refractivity contribution in [3.8, 4) is 0 Å². The lowest BCUT2D eigenvalue weighted by molar-refractivity contribution is -0.114. The van der Waals surface area contributed by atoms with Crippen molar-refractivity contribution in [3.05, 3.63) is 52.2 Å². The number of para-hydroxylation sites is 1. The first-order chi connectivity index (χ1) is 9.16. The van der Waals surface area contributed by atoms with Crippen LogP contribution in [-0.2, 0) is 11.3 Å². The van der Waals surface area contributed by atoms with Crippen LogP contribution in [0.15, 0.2) is 41.8 Å². The van der Waals surface area contributed by atoms with E-state index in [0.717, 1.165) is 17.8 Å². The summed E-state index contributed by atoms with van der Waals surface area (Å²) < 4.78 is 0. The Labute approximate surface area is 117 Å². The molecular formula is C15H18N2OS. The summed E-state index contributed by atoms with van der Waals surface area (Å²) in [5.74, 6) is -0.0428. The number of amides is 1. The van der Waals surface area contributed by atoms with Gasteiger partial charge in [-0.05, 0) is 30.0 Å². The van der Waals surface area contributed by atoms with Crippen LogP contribution in [0.2, 0.25) is 0 Å². The van der Waals surface area contributed by atoms with Crippen LogP contribution in [0.5, 0.6) is 0 Å². The average Bonchev–Trinajstić information content (AvgIpc) is 2.90. The van der Waals surface area contributed by atoms with Gasteiger partial charge in [0.2, 0.25) is 5.91 Å². The van der Waals surface area contributed by atoms with Gasteiger partial charge in [-0.3, -0.25) is 4.79 Å². The number of hydrogen-bond acceptors (Lipinski definition) is 3. The van der Waals surface area contributed by atoms with E-state index in [1.54, 1.807) is 11.3 Å². The highest BCUT2D eigenvalue weighted by atomic mass is 32.1. The Balaban J connectivity index is 2.01. The van der Waals surface area contributed by atoms with Crippen LogP contribution in [0.4, 0.5) is 5.69 Å². The molecule has 1 aromatic carbocycles. The third kappa shape index (κ3) is 3.91. The number of benzene rings is 1. The maximum Gasteiger partial charge on any atom is 0.221 e. The number of rotatable bonds is 5. The molecule has 0 aliphatic heterocycles. The molecule has 0 saturated carbocycles. The van der Waals surface area contributed by atoms with E-state index in [9.17, 15) is 4.79 Å². The van der Waals surface area contributed by atoms with E-state index < -0.39 is 0 Å². The highest BCUT2D eigenvalue weighted by molar-refractivity contribution is 7.10. The van der Waals surface area contributed by atoms with Gasteiger partial charge >= 0.3 is 0 Å². The average molecular weight is 274 g/mol. The van der Waals surface area contributed by atoms with Crippen molar-refractivity contribution in [2.24, 2.45) is 0 Å². The Morgan fingerprint density at radius 3 is 2.74 bits per heavy atom. The Hall–Kier alpha value is -1.65. The van der Waals surface area contributed by atoms with Crippen LogP contribution < -0.4 is 10.6 Å². The Morgan fingerprint density at radius 2 is 2.05 bits per heavy atom. The molecule has 4 heteroatoms. The SMILES string of the molecule is CC(=O)Nc1ccccc1CN[C@H](C)c1cccs1. The van der Waals surface area contributed by atoms with Crippen molar-refractivity contribution in [2.45, 2.75) is 26.4 Å². The van der Waals surface area contributed by atoms with Gasteiger partial charge in [-0.25, -0.2) is 0 Å². The lowest BCUT2D eigenvalue weighted by Crippen LogP contribution is -2.18. The van der Waals surface area contributed by atoms with Gasteiger partial charge in [0.05, 0.1) is 0 Å². The monoisotopic (exact) mass is 274 g/mol. The zero-order valence-electron chi connectivity index (χ0n) is 11.1. The highest BCUT2D eigenvalue weighted by Crippen LogP contribution is 2.20. The van der Waals surface area contributed by atoms with E-state index in [2.05, 4.69) is 35.1 Å². The second-order valence-electron chi connectivity index (χ2n) is 4.46. The van der Waals surface area contributed by atoms with Crippen LogP contribution in [-0.4, -0.2) is 5.91 Å². The van der Waals surface area contributed by atoms with Gasteiger partial charge in [-0.1, -0.05) is 24.3 Å². The highest BCUT2D eigenvalue weighted by Gasteiger charge is 2.08. The van der Waals surface area contributed by atoms with E-state index in [4.69, 9.17) is 0 Å². The molecule has 0 radical (unpaired) electrons. The molecule has 0 saturated heterocycles. The minimum absolute atomic E-state index is 0.0428. The van der Waals surface area contributed by atoms with Crippen molar-refractivity contribution < 1.29 is 4.79 Å². The second kappa shape index (κ2) is 6.50. The van der Waals surface area contributed by atoms with Crippen molar-refractivity contribution in [3.63, 3.8) is 0 Å². The lowest BCUT2D eigenvalue weighted by Gasteiger charge is -2.14. The molecule has 100 valence electrons. The minimum atomic E-state index is -0.0428. The molecule has 3 nitrogen and oxygen atoms in total. The first-order valence-electron chi connectivity index (χ1n) is 6.29. The third-order valence-electron chi connectivity index (χ3n) is 2.90. The smallest absolute Gasteiger partial charge is 0.221 e. The Kier molecular flexibility index (Phi) is 4.71. The zero-order chi connectivity index (χ0) is 13.7. The number of thiophene rings is 1. The molecule has 0 bridgehead atoms. The molecular weight excluding hydrogens is 256 g/mol. The predicted octanol–water partition coefficient (Wildman–Crippen LogP) is 3.56. The molecule has 2 rings (SSSR count). The van der Waals surface area contributed by atoms with Gasteiger partial charge in [0.15, 0.2) is 0 Å². The quantitative estimate of drug-likeness (QED) is 0.875. The van der Waals surface area contributed by atoms with Crippen LogP contribution in [0.3, 0.4) is 0 Å². The fourth-order valence-corrected chi connectivity index (χ4v) is 2.65. The minimum Gasteiger partial charge on any atom is -0.326 e. The summed E-state index contributed by atoms with van der Waals surface area (Å²) in [4.78, 5) is 12.5. The van der Waals surface area contributed by atoms with Gasteiger partial charge in [0.1, 0.15) is 0 Å². The molecule has 1 atom stereocenters. The molecule has 0 fully saturated rings. The number of carbonyl (C=O) groups excluding carboxylic acids is 1. The molecule has 0 aliphatic carbocycles. The Morgan fingerprint density at radius 1 is 1.26 bits per heavy atom. The van der Waals surface area contributed by atoms with Gasteiger partial charge < -0.3 is 10.6 Å². The molecule has 1 amide bonds. The number of anilines is 1. The summed E-state index contributed by atoms with van der Waals surface area (Å²) in [5.41, 5.74) is 1.97. The molecule has 0 spiro atoms. The molecule has 19 heavy (non-hydrogen) atoms. The maximum absolute atomic E-state index is 11.2. The van der Waals surface area contributed by atoms with Crippen molar-refractivity contribution in [1.29, 1.82) is 0 Å². The summed E-state index contributed by atoms with van der Waals surface area (Å²) in [6.45, 7) is 4.40. The third-order valence-corrected chi connectivity index (χ3v) is 3.95. The van der Waals surface area contributed by atoms with E-state index >= 15 is 0 Å². The summed E-state index contributed by atoms with van der Waals surface area (Å²) in [6.07, 6.45) is 0. The van der Waals surface area contributed by atoms with Crippen LogP contribution in [0.1, 0.15) is 30.3 Å². The largest absolute Gasteiger partial charge is 0.326 e. The van der Waals surface area contributed by atoms with E-state index in [1.165, 1.54) is 11.8 Å². The standard InChI is InChI=1S/C15H18N2OS/c1-11(15-8-5-9-19-15)16-10-13-6-3-4-7-14(13)17-12(2)18/h3-9,11,16H,10H2,1-2H3,(H,17,18)/t11-/m1/s1. The van der Waals surface area contributed by atoms with Crippen molar-refractivity contribution in [2.75, 3.05) is 5.32 Å². The first-order valence-corrected chi connectivity index (χ1v) is 7.17. The molecule has 2 N–H and O–H groups in total. The van der Waals surface area contributed by atoms with E-state index in [-0.39, 0.29) is 5.91 Å². The van der Waals surface area contributed by atoms with Gasteiger partial charge in [-0.2, -0.15) is 0 Å². The van der Waals surface area contributed by atoms with E-state index in [0.29, 0.717) is 6.04 Å². The van der Waals surface area contributed by atoms with Crippen molar-refractivity contribution >= 4 is 22.9 Å². The van der Waals surface area contributed by atoms with Gasteiger partial charge in [0.25, 0.3) is 0 Å². The maximum atomic E-state index is 11.2. The van der Waals surface area contributed by atoms with Crippen LogP contribution >= 0.6 is 11.3 Å². The van der Waals surface area contributed by atoms with Gasteiger partial charge in [-0.15, -0.1) is 11.3 Å². The van der Waals surface area contributed by atoms with Crippen LogP contribution in [0.25, 0.3) is 0 Å². The topological polar surface area (TPSA) is 41.1 Å². The number of carbonyl (C=O) groups is 1. The second-order valence-corrected chi connectivity index (χ2v) is 5.44. The fourth-order valence-electron chi connectivity index (χ4n) is 1.89. The Bertz CT molecular complexity index is 537. The fraction of sp³-hybridized carbons (Fsp3) is 0.267. The summed E-state index contributed by atoms with van der Waals surface area (Å²) in [6, 6.07) is 12.4. The van der Waals surface area contributed by atoms with E-state index in [1.807, 2.05) is 24.3 Å². The molecule has 2 aromatic rings. The number of nitrogens with one attached hydrogen (secondary N) is 2. The zero-order valence-corrected chi connectivity index (χ0v) is 12.0. The van der Waals surface area contributed by atoms with Crippen molar-refractivity contribution in [1.82, 2.24) is 5.32 Å². The molecule has 0 aliphatic rings. The van der Waals surface area contributed by atoms with Crippen LogP contribution in [0, 0.1) is 0 Å². The normalized spacial score (nSPS) is 12.1.